The predicted molar refractivity (Wildman–Crippen MR) is 162 cm³/mol. The maximum atomic E-state index is 12.3. The molecule has 0 spiro atoms. The molecule has 1 fully saturated rings. The number of alkyl halides is 3. The van der Waals surface area contributed by atoms with Gasteiger partial charge in [-0.15, -0.1) is 26.3 Å². The summed E-state index contributed by atoms with van der Waals surface area (Å²) < 4.78 is 47.0. The Labute approximate surface area is 247 Å². The lowest BCUT2D eigenvalue weighted by Gasteiger charge is -2.26. The molecule has 2 aromatic rings. The Morgan fingerprint density at radius 2 is 1.76 bits per heavy atom. The Morgan fingerprint density at radius 3 is 2.43 bits per heavy atom. The van der Waals surface area contributed by atoms with E-state index in [0.717, 1.165) is 50.5 Å². The van der Waals surface area contributed by atoms with Crippen LogP contribution in [0, 0.1) is 12.8 Å². The van der Waals surface area contributed by atoms with E-state index in [2.05, 4.69) is 41.2 Å². The monoisotopic (exact) mass is 590 g/mol. The van der Waals surface area contributed by atoms with Gasteiger partial charge in [-0.1, -0.05) is 32.1 Å². The molecule has 2 aliphatic heterocycles. The number of fused-ring (bicyclic) bond motifs is 1. The maximum absolute atomic E-state index is 12.3. The van der Waals surface area contributed by atoms with Crippen molar-refractivity contribution in [3.63, 3.8) is 0 Å². The number of amides is 1. The van der Waals surface area contributed by atoms with Gasteiger partial charge in [0.15, 0.2) is 24.0 Å². The van der Waals surface area contributed by atoms with Crippen molar-refractivity contribution in [1.29, 1.82) is 0 Å². The summed E-state index contributed by atoms with van der Waals surface area (Å²) >= 11 is 0. The van der Waals surface area contributed by atoms with Crippen LogP contribution in [0.2, 0.25) is 0 Å². The number of aryl methyl sites for hydroxylation is 1. The number of halogens is 3. The lowest BCUT2D eigenvalue weighted by Crippen LogP contribution is -2.28. The molecule has 0 radical (unpaired) electrons. The average molecular weight is 591 g/mol. The fraction of sp³-hybridized carbons (Fsp3) is 0.531. The van der Waals surface area contributed by atoms with Crippen molar-refractivity contribution in [1.82, 2.24) is 9.88 Å². The normalized spacial score (nSPS) is 17.7. The fourth-order valence-electron chi connectivity index (χ4n) is 5.39. The van der Waals surface area contributed by atoms with Crippen molar-refractivity contribution in [2.45, 2.75) is 77.3 Å². The van der Waals surface area contributed by atoms with Crippen LogP contribution < -0.4 is 5.73 Å². The van der Waals surface area contributed by atoms with Crippen molar-refractivity contribution in [2.75, 3.05) is 26.2 Å². The number of hydrogen-bond donors (Lipinski definition) is 1. The summed E-state index contributed by atoms with van der Waals surface area (Å²) in [5.41, 5.74) is 9.18. The lowest BCUT2D eigenvalue weighted by atomic mass is 9.87. The van der Waals surface area contributed by atoms with E-state index in [9.17, 15) is 18.0 Å². The van der Waals surface area contributed by atoms with Crippen LogP contribution in [0.25, 0.3) is 11.1 Å². The first-order valence-corrected chi connectivity index (χ1v) is 14.5. The van der Waals surface area contributed by atoms with Gasteiger partial charge in [0.2, 0.25) is 5.91 Å². The SMILES string of the molecule is C=C.C=C.Cc1nc2cc(C(N)=O)ccc2o1.FC(F)(F)COC1=NC2=C(CC1)CCN(CCC1CCCCC1)CC2. The predicted octanol–water partition coefficient (Wildman–Crippen LogP) is 7.92. The second kappa shape index (κ2) is 17.5. The van der Waals surface area contributed by atoms with Crippen molar-refractivity contribution in [2.24, 2.45) is 16.6 Å². The molecule has 7 nitrogen and oxygen atoms in total. The Bertz CT molecular complexity index is 1200. The second-order valence-corrected chi connectivity index (χ2v) is 10.4. The van der Waals surface area contributed by atoms with E-state index in [1.54, 1.807) is 25.1 Å². The van der Waals surface area contributed by atoms with Crippen molar-refractivity contribution in [3.05, 3.63) is 67.2 Å². The highest BCUT2D eigenvalue weighted by Gasteiger charge is 2.30. The van der Waals surface area contributed by atoms with Crippen LogP contribution in [0.15, 0.2) is 65.2 Å². The summed E-state index contributed by atoms with van der Waals surface area (Å²) in [6, 6.07) is 4.93. The number of nitrogens with two attached hydrogens (primary N) is 1. The van der Waals surface area contributed by atoms with E-state index in [4.69, 9.17) is 14.9 Å². The van der Waals surface area contributed by atoms with Gasteiger partial charge in [-0.3, -0.25) is 4.79 Å². The van der Waals surface area contributed by atoms with Crippen LogP contribution in [-0.2, 0) is 4.74 Å². The third-order valence-corrected chi connectivity index (χ3v) is 7.46. The van der Waals surface area contributed by atoms with E-state index < -0.39 is 18.7 Å². The molecule has 0 unspecified atom stereocenters. The van der Waals surface area contributed by atoms with E-state index in [-0.39, 0.29) is 5.90 Å². The van der Waals surface area contributed by atoms with Crippen LogP contribution in [0.5, 0.6) is 0 Å². The summed E-state index contributed by atoms with van der Waals surface area (Å²) in [6.45, 7) is 15.7. The third kappa shape index (κ3) is 11.5. The summed E-state index contributed by atoms with van der Waals surface area (Å²) in [5.74, 6) is 1.27. The molecule has 1 aliphatic carbocycles. The largest absolute Gasteiger partial charge is 0.471 e. The topological polar surface area (TPSA) is 94.0 Å². The molecule has 1 saturated carbocycles. The van der Waals surface area contributed by atoms with E-state index in [1.807, 2.05) is 0 Å². The number of primary amides is 1. The van der Waals surface area contributed by atoms with Crippen LogP contribution in [-0.4, -0.2) is 54.1 Å². The average Bonchev–Trinajstić information content (AvgIpc) is 3.25. The molecule has 1 aromatic heterocycles. The highest BCUT2D eigenvalue weighted by Crippen LogP contribution is 2.30. The zero-order chi connectivity index (χ0) is 31.1. The first-order valence-electron chi connectivity index (χ1n) is 14.5. The number of rotatable bonds is 5. The van der Waals surface area contributed by atoms with Gasteiger partial charge < -0.3 is 19.8 Å². The molecule has 3 heterocycles. The van der Waals surface area contributed by atoms with E-state index >= 15 is 0 Å². The van der Waals surface area contributed by atoms with E-state index in [1.165, 1.54) is 44.1 Å². The number of hydrogen-bond acceptors (Lipinski definition) is 6. The zero-order valence-corrected chi connectivity index (χ0v) is 24.8. The Balaban J connectivity index is 0.000000304. The Morgan fingerprint density at radius 1 is 1.07 bits per heavy atom. The Hall–Kier alpha value is -3.40. The van der Waals surface area contributed by atoms with E-state index in [0.29, 0.717) is 29.0 Å². The number of nitrogens with zero attached hydrogens (tertiary/aromatic N) is 3. The molecule has 10 heteroatoms. The fourth-order valence-corrected chi connectivity index (χ4v) is 5.39. The summed E-state index contributed by atoms with van der Waals surface area (Å²) in [5, 5.41) is 0. The molecule has 5 rings (SSSR count). The van der Waals surface area contributed by atoms with Gasteiger partial charge >= 0.3 is 6.18 Å². The summed E-state index contributed by atoms with van der Waals surface area (Å²) in [4.78, 5) is 21.8. The quantitative estimate of drug-likeness (QED) is 0.357. The molecule has 0 atom stereocenters. The maximum Gasteiger partial charge on any atom is 0.422 e. The third-order valence-electron chi connectivity index (χ3n) is 7.46. The minimum absolute atomic E-state index is 0.256. The zero-order valence-electron chi connectivity index (χ0n) is 24.8. The summed E-state index contributed by atoms with van der Waals surface area (Å²) in [6.07, 6.45) is 7.04. The first kappa shape index (κ1) is 34.8. The number of ether oxygens (including phenoxy) is 1. The van der Waals surface area contributed by atoms with Crippen molar-refractivity contribution >= 4 is 22.9 Å². The highest BCUT2D eigenvalue weighted by atomic mass is 19.4. The van der Waals surface area contributed by atoms with Crippen LogP contribution in [0.3, 0.4) is 0 Å². The van der Waals surface area contributed by atoms with Gasteiger partial charge in [0.1, 0.15) is 5.52 Å². The van der Waals surface area contributed by atoms with Crippen molar-refractivity contribution < 1.29 is 27.1 Å². The molecular weight excluding hydrogens is 545 g/mol. The highest BCUT2D eigenvalue weighted by molar-refractivity contribution is 5.95. The number of aliphatic imine (C=N–C) groups is 1. The van der Waals surface area contributed by atoms with Crippen LogP contribution in [0.1, 0.15) is 80.5 Å². The molecular formula is C32H45F3N4O3. The first-order chi connectivity index (χ1) is 20.2. The summed E-state index contributed by atoms with van der Waals surface area (Å²) in [7, 11) is 0. The Kier molecular flexibility index (Phi) is 14.5. The van der Waals surface area contributed by atoms with Gasteiger partial charge in [0.05, 0.1) is 0 Å². The molecule has 2 N–H and O–H groups in total. The van der Waals surface area contributed by atoms with Crippen LogP contribution in [0.4, 0.5) is 13.2 Å². The smallest absolute Gasteiger partial charge is 0.422 e. The molecule has 42 heavy (non-hydrogen) atoms. The molecule has 1 amide bonds. The minimum atomic E-state index is -4.30. The van der Waals surface area contributed by atoms with Gasteiger partial charge in [0.25, 0.3) is 0 Å². The lowest BCUT2D eigenvalue weighted by molar-refractivity contribution is -0.156. The van der Waals surface area contributed by atoms with Gasteiger partial charge in [-0.2, -0.15) is 13.2 Å². The number of carbonyl (C=O) groups excluding carboxylic acids is 1. The van der Waals surface area contributed by atoms with Gasteiger partial charge in [0, 0.05) is 44.1 Å². The molecule has 1 aromatic carbocycles. The van der Waals surface area contributed by atoms with Crippen LogP contribution >= 0.6 is 0 Å². The number of oxazole rings is 1. The number of benzene rings is 1. The number of aromatic nitrogens is 1. The van der Waals surface area contributed by atoms with Crippen molar-refractivity contribution in [3.8, 4) is 0 Å². The van der Waals surface area contributed by atoms with Gasteiger partial charge in [-0.25, -0.2) is 9.98 Å². The number of carbonyl (C=O) groups is 1. The molecule has 0 bridgehead atoms. The molecule has 0 saturated heterocycles. The standard InChI is InChI=1S/C19H29F3N2O.C9H8N2O2.2C2H4/c20-19(21,22)14-25-18-7-6-16-9-12-24(13-10-17(16)23-18)11-8-15-4-2-1-3-5-15;1-5-11-7-4-6(9(10)12)2-3-8(7)13-5;2*1-2/h15H,1-14H2;2-4H,1H3,(H2,10,12);2*1-2H2. The molecule has 3 aliphatic rings. The molecule has 232 valence electrons. The second-order valence-electron chi connectivity index (χ2n) is 10.4. The minimum Gasteiger partial charge on any atom is -0.471 e. The van der Waals surface area contributed by atoms with Gasteiger partial charge in [-0.05, 0) is 55.5 Å².